The maximum atomic E-state index is 13.2. The fraction of sp³-hybridized carbons (Fsp3) is 0.276. The van der Waals surface area contributed by atoms with Gasteiger partial charge < -0.3 is 9.32 Å². The zero-order valence-electron chi connectivity index (χ0n) is 21.2. The fourth-order valence-corrected chi connectivity index (χ4v) is 3.93. The number of carbonyl (C=O) groups excluding carboxylic acids is 2. The first-order valence-electron chi connectivity index (χ1n) is 12.1. The quantitative estimate of drug-likeness (QED) is 0.327. The van der Waals surface area contributed by atoms with Crippen LogP contribution in [-0.4, -0.2) is 32.8 Å². The van der Waals surface area contributed by atoms with Gasteiger partial charge in [0.25, 0.3) is 0 Å². The predicted molar refractivity (Wildman–Crippen MR) is 141 cm³/mol. The summed E-state index contributed by atoms with van der Waals surface area (Å²) in [6.07, 6.45) is 3.83. The van der Waals surface area contributed by atoms with Crippen molar-refractivity contribution in [2.45, 2.75) is 40.7 Å². The number of amides is 2. The highest BCUT2D eigenvalue weighted by atomic mass is 16.3. The van der Waals surface area contributed by atoms with E-state index in [2.05, 4.69) is 25.2 Å². The molecular formula is C29H32N4O3. The first-order valence-corrected chi connectivity index (χ1v) is 12.1. The number of carbonyl (C=O) groups is 2. The lowest BCUT2D eigenvalue weighted by Gasteiger charge is -2.22. The Hall–Kier alpha value is -4.13. The minimum atomic E-state index is -0.325. The molecule has 2 aromatic heterocycles. The smallest absolute Gasteiger partial charge is 0.246 e. The number of nitrogens with one attached hydrogen (secondary N) is 1. The van der Waals surface area contributed by atoms with E-state index in [0.29, 0.717) is 18.1 Å². The van der Waals surface area contributed by atoms with E-state index in [4.69, 9.17) is 9.40 Å². The summed E-state index contributed by atoms with van der Waals surface area (Å²) in [4.78, 5) is 32.4. The first kappa shape index (κ1) is 25.0. The number of aromatic nitrogens is 2. The van der Waals surface area contributed by atoms with Gasteiger partial charge in [0.05, 0.1) is 18.5 Å². The summed E-state index contributed by atoms with van der Waals surface area (Å²) >= 11 is 0. The Kier molecular flexibility index (Phi) is 7.68. The Balaban J connectivity index is 1.61. The molecule has 36 heavy (non-hydrogen) atoms. The second kappa shape index (κ2) is 11.1. The maximum Gasteiger partial charge on any atom is 0.246 e. The van der Waals surface area contributed by atoms with Gasteiger partial charge in [0.1, 0.15) is 12.3 Å². The Morgan fingerprint density at radius 3 is 2.47 bits per heavy atom. The van der Waals surface area contributed by atoms with Crippen molar-refractivity contribution in [2.75, 3.05) is 11.9 Å². The molecule has 4 rings (SSSR count). The summed E-state index contributed by atoms with van der Waals surface area (Å²) in [5.74, 6) is 0.781. The van der Waals surface area contributed by atoms with Gasteiger partial charge in [0.15, 0.2) is 0 Å². The third-order valence-electron chi connectivity index (χ3n) is 5.99. The van der Waals surface area contributed by atoms with E-state index in [1.54, 1.807) is 18.4 Å². The molecule has 0 saturated heterocycles. The van der Waals surface area contributed by atoms with Crippen LogP contribution < -0.4 is 5.32 Å². The van der Waals surface area contributed by atoms with Crippen LogP contribution in [-0.2, 0) is 16.1 Å². The third kappa shape index (κ3) is 6.10. The number of benzene rings is 2. The number of hydrogen-bond acceptors (Lipinski definition) is 4. The highest BCUT2D eigenvalue weighted by molar-refractivity contribution is 5.94. The van der Waals surface area contributed by atoms with Crippen molar-refractivity contribution in [1.29, 1.82) is 0 Å². The number of nitrogens with zero attached hydrogens (tertiary/aromatic N) is 3. The highest BCUT2D eigenvalue weighted by Crippen LogP contribution is 2.25. The molecule has 7 nitrogen and oxygen atoms in total. The van der Waals surface area contributed by atoms with E-state index in [9.17, 15) is 9.59 Å². The number of rotatable bonds is 9. The molecule has 0 saturated carbocycles. The first-order chi connectivity index (χ1) is 17.3. The van der Waals surface area contributed by atoms with Crippen LogP contribution in [0.15, 0.2) is 77.5 Å². The lowest BCUT2D eigenvalue weighted by molar-refractivity contribution is -0.136. The van der Waals surface area contributed by atoms with Crippen LogP contribution >= 0.6 is 0 Å². The van der Waals surface area contributed by atoms with Crippen LogP contribution in [0.5, 0.6) is 0 Å². The molecule has 2 amide bonds. The van der Waals surface area contributed by atoms with Crippen LogP contribution in [0.3, 0.4) is 0 Å². The second-order valence-electron chi connectivity index (χ2n) is 9.43. The van der Waals surface area contributed by atoms with Crippen molar-refractivity contribution in [2.24, 2.45) is 5.92 Å². The molecule has 0 unspecified atom stereocenters. The molecule has 0 spiro atoms. The highest BCUT2D eigenvalue weighted by Gasteiger charge is 2.21. The van der Waals surface area contributed by atoms with Crippen molar-refractivity contribution in [3.05, 3.63) is 90.0 Å². The molecule has 2 aromatic carbocycles. The van der Waals surface area contributed by atoms with Crippen molar-refractivity contribution < 1.29 is 14.0 Å². The largest absolute Gasteiger partial charge is 0.467 e. The lowest BCUT2D eigenvalue weighted by atomic mass is 10.1. The lowest BCUT2D eigenvalue weighted by Crippen LogP contribution is -2.38. The molecule has 0 atom stereocenters. The number of imidazole rings is 1. The summed E-state index contributed by atoms with van der Waals surface area (Å²) in [6.45, 7) is 8.20. The van der Waals surface area contributed by atoms with Gasteiger partial charge in [-0.2, -0.15) is 0 Å². The minimum Gasteiger partial charge on any atom is -0.467 e. The number of anilines is 1. The molecule has 0 fully saturated rings. The SMILES string of the molecule is Cc1ccc(-n2cc(-c3ccccc3)nc2NC(=O)CN(Cc2ccco2)C(=O)CC(C)C)cc1C. The fourth-order valence-electron chi connectivity index (χ4n) is 3.93. The van der Waals surface area contributed by atoms with Gasteiger partial charge in [0, 0.05) is 23.9 Å². The normalized spacial score (nSPS) is 11.0. The van der Waals surface area contributed by atoms with Gasteiger partial charge in [0.2, 0.25) is 17.8 Å². The maximum absolute atomic E-state index is 13.2. The Bertz CT molecular complexity index is 1320. The van der Waals surface area contributed by atoms with E-state index < -0.39 is 0 Å². The van der Waals surface area contributed by atoms with Crippen LogP contribution in [0.25, 0.3) is 16.9 Å². The summed E-state index contributed by atoms with van der Waals surface area (Å²) in [5, 5.41) is 2.94. The van der Waals surface area contributed by atoms with E-state index >= 15 is 0 Å². The average Bonchev–Trinajstić information content (AvgIpc) is 3.51. The molecule has 186 valence electrons. The Labute approximate surface area is 211 Å². The molecule has 0 aliphatic heterocycles. The van der Waals surface area contributed by atoms with Crippen LogP contribution in [0, 0.1) is 19.8 Å². The monoisotopic (exact) mass is 484 g/mol. The molecular weight excluding hydrogens is 452 g/mol. The van der Waals surface area contributed by atoms with Gasteiger partial charge in [-0.1, -0.05) is 50.2 Å². The number of aryl methyl sites for hydroxylation is 2. The van der Waals surface area contributed by atoms with Gasteiger partial charge >= 0.3 is 0 Å². The van der Waals surface area contributed by atoms with Crippen molar-refractivity contribution >= 4 is 17.8 Å². The number of furan rings is 1. The van der Waals surface area contributed by atoms with E-state index in [0.717, 1.165) is 22.5 Å². The summed E-state index contributed by atoms with van der Waals surface area (Å²) in [7, 11) is 0. The zero-order valence-corrected chi connectivity index (χ0v) is 21.2. The van der Waals surface area contributed by atoms with Gasteiger partial charge in [-0.05, 0) is 55.2 Å². The number of hydrogen-bond donors (Lipinski definition) is 1. The zero-order chi connectivity index (χ0) is 25.7. The molecule has 0 aliphatic rings. The molecule has 1 N–H and O–H groups in total. The molecule has 0 bridgehead atoms. The standard InChI is InChI=1S/C29H32N4O3/c1-20(2)15-28(35)32(17-25-11-8-14-36-25)19-27(34)31-29-30-26(23-9-6-5-7-10-23)18-33(29)24-13-12-21(3)22(4)16-24/h5-14,16,18,20H,15,17,19H2,1-4H3,(H,30,31,34). The van der Waals surface area contributed by atoms with Crippen LogP contribution in [0.4, 0.5) is 5.95 Å². The van der Waals surface area contributed by atoms with E-state index in [1.807, 2.05) is 67.1 Å². The van der Waals surface area contributed by atoms with Gasteiger partial charge in [-0.3, -0.25) is 19.5 Å². The average molecular weight is 485 g/mol. The topological polar surface area (TPSA) is 80.4 Å². The summed E-state index contributed by atoms with van der Waals surface area (Å²) in [6, 6.07) is 19.5. The van der Waals surface area contributed by atoms with Crippen LogP contribution in [0.1, 0.15) is 37.2 Å². The Morgan fingerprint density at radius 2 is 1.81 bits per heavy atom. The van der Waals surface area contributed by atoms with E-state index in [-0.39, 0.29) is 30.8 Å². The molecule has 2 heterocycles. The Morgan fingerprint density at radius 1 is 1.03 bits per heavy atom. The van der Waals surface area contributed by atoms with Crippen molar-refractivity contribution in [1.82, 2.24) is 14.5 Å². The second-order valence-corrected chi connectivity index (χ2v) is 9.43. The van der Waals surface area contributed by atoms with Crippen molar-refractivity contribution in [3.8, 4) is 16.9 Å². The molecule has 0 radical (unpaired) electrons. The third-order valence-corrected chi connectivity index (χ3v) is 5.99. The minimum absolute atomic E-state index is 0.0981. The van der Waals surface area contributed by atoms with Gasteiger partial charge in [-0.15, -0.1) is 0 Å². The van der Waals surface area contributed by atoms with Gasteiger partial charge in [-0.25, -0.2) is 4.98 Å². The molecule has 4 aromatic rings. The van der Waals surface area contributed by atoms with E-state index in [1.165, 1.54) is 10.5 Å². The summed E-state index contributed by atoms with van der Waals surface area (Å²) in [5.41, 5.74) is 4.91. The summed E-state index contributed by atoms with van der Waals surface area (Å²) < 4.78 is 7.30. The van der Waals surface area contributed by atoms with Crippen LogP contribution in [0.2, 0.25) is 0 Å². The predicted octanol–water partition coefficient (Wildman–Crippen LogP) is 5.76. The van der Waals surface area contributed by atoms with Crippen molar-refractivity contribution in [3.63, 3.8) is 0 Å². The molecule has 7 heteroatoms. The molecule has 0 aliphatic carbocycles.